The summed E-state index contributed by atoms with van der Waals surface area (Å²) in [4.78, 5) is 11.9. The molecule has 1 saturated carbocycles. The summed E-state index contributed by atoms with van der Waals surface area (Å²) in [5, 5.41) is 3.32. The average Bonchev–Trinajstić information content (AvgIpc) is 2.72. The number of rotatable bonds is 3. The predicted molar refractivity (Wildman–Crippen MR) is 60.7 cm³/mol. The van der Waals surface area contributed by atoms with Crippen molar-refractivity contribution in [2.24, 2.45) is 5.92 Å². The Bertz CT molecular complexity index is 195. The molecule has 0 radical (unpaired) electrons. The zero-order valence-corrected chi connectivity index (χ0v) is 9.44. The minimum atomic E-state index is 0.161. The van der Waals surface area contributed by atoms with E-state index in [1.54, 1.807) is 0 Å². The third-order valence-electron chi connectivity index (χ3n) is 3.27. The molecule has 1 aliphatic heterocycles. The highest BCUT2D eigenvalue weighted by atomic mass is 32.2. The van der Waals surface area contributed by atoms with Crippen molar-refractivity contribution >= 4 is 17.5 Å². The van der Waals surface area contributed by atoms with Gasteiger partial charge in [0.1, 0.15) is 0 Å². The van der Waals surface area contributed by atoms with Gasteiger partial charge in [-0.25, -0.2) is 0 Å². The summed E-state index contributed by atoms with van der Waals surface area (Å²) < 4.78 is 0. The lowest BCUT2D eigenvalue weighted by Crippen LogP contribution is -2.43. The molecule has 0 amide bonds. The van der Waals surface area contributed by atoms with E-state index in [-0.39, 0.29) is 6.04 Å². The zero-order valence-electron chi connectivity index (χ0n) is 8.63. The molecule has 0 aromatic heterocycles. The second-order valence-electron chi connectivity index (χ2n) is 4.40. The molecule has 14 heavy (non-hydrogen) atoms. The monoisotopic (exact) mass is 213 g/mol. The number of carbonyl (C=O) groups excluding carboxylic acids is 1. The lowest BCUT2D eigenvalue weighted by Gasteiger charge is -2.23. The van der Waals surface area contributed by atoms with E-state index in [1.807, 2.05) is 11.8 Å². The van der Waals surface area contributed by atoms with Crippen molar-refractivity contribution in [3.05, 3.63) is 0 Å². The molecule has 0 spiro atoms. The van der Waals surface area contributed by atoms with Crippen molar-refractivity contribution in [1.29, 1.82) is 0 Å². The zero-order chi connectivity index (χ0) is 9.80. The largest absolute Gasteiger partial charge is 0.306 e. The van der Waals surface area contributed by atoms with Crippen LogP contribution >= 0.6 is 11.8 Å². The molecule has 3 heteroatoms. The Morgan fingerprint density at radius 3 is 2.79 bits per heavy atom. The first-order chi connectivity index (χ1) is 6.86. The van der Waals surface area contributed by atoms with Crippen LogP contribution in [0.15, 0.2) is 0 Å². The second-order valence-corrected chi connectivity index (χ2v) is 5.55. The topological polar surface area (TPSA) is 29.1 Å². The molecule has 1 N–H and O–H groups in total. The molecule has 0 aromatic carbocycles. The molecule has 2 aliphatic rings. The van der Waals surface area contributed by atoms with Crippen molar-refractivity contribution in [1.82, 2.24) is 5.32 Å². The Balaban J connectivity index is 1.75. The normalized spacial score (nSPS) is 29.3. The highest BCUT2D eigenvalue weighted by molar-refractivity contribution is 7.99. The average molecular weight is 213 g/mol. The maximum absolute atomic E-state index is 11.9. The lowest BCUT2D eigenvalue weighted by atomic mass is 9.98. The summed E-state index contributed by atoms with van der Waals surface area (Å²) in [6, 6.07) is 0.161. The minimum absolute atomic E-state index is 0.161. The molecular formula is C11H19NOS. The molecule has 1 heterocycles. The van der Waals surface area contributed by atoms with E-state index in [4.69, 9.17) is 0 Å². The molecule has 1 unspecified atom stereocenters. The van der Waals surface area contributed by atoms with Gasteiger partial charge >= 0.3 is 0 Å². The number of nitrogens with one attached hydrogen (secondary N) is 1. The van der Waals surface area contributed by atoms with Crippen LogP contribution in [0, 0.1) is 5.92 Å². The maximum Gasteiger partial charge on any atom is 0.150 e. The standard InChI is InChI=1S/C11H19NOS/c13-11(7-9-3-1-2-4-9)10-8-14-6-5-12-10/h9-10,12H,1-8H2. The van der Waals surface area contributed by atoms with Crippen LogP contribution < -0.4 is 5.32 Å². The van der Waals surface area contributed by atoms with Crippen LogP contribution in [0.5, 0.6) is 0 Å². The van der Waals surface area contributed by atoms with Crippen LogP contribution in [0.4, 0.5) is 0 Å². The van der Waals surface area contributed by atoms with Crippen LogP contribution in [0.1, 0.15) is 32.1 Å². The van der Waals surface area contributed by atoms with Crippen molar-refractivity contribution in [3.63, 3.8) is 0 Å². The minimum Gasteiger partial charge on any atom is -0.306 e. The molecule has 1 aliphatic carbocycles. The summed E-state index contributed by atoms with van der Waals surface area (Å²) in [6.07, 6.45) is 6.07. The van der Waals surface area contributed by atoms with Gasteiger partial charge in [0.25, 0.3) is 0 Å². The first-order valence-electron chi connectivity index (χ1n) is 5.70. The molecule has 2 fully saturated rings. The van der Waals surface area contributed by atoms with E-state index in [1.165, 1.54) is 25.7 Å². The predicted octanol–water partition coefficient (Wildman–Crippen LogP) is 1.84. The number of ketones is 1. The first kappa shape index (κ1) is 10.5. The number of Topliss-reactive ketones (excluding diaryl/α,β-unsaturated/α-hetero) is 1. The van der Waals surface area contributed by atoms with Gasteiger partial charge < -0.3 is 5.32 Å². The Morgan fingerprint density at radius 2 is 2.14 bits per heavy atom. The Labute approximate surface area is 90.2 Å². The van der Waals surface area contributed by atoms with Crippen LogP contribution in [0.3, 0.4) is 0 Å². The van der Waals surface area contributed by atoms with Gasteiger partial charge in [-0.3, -0.25) is 4.79 Å². The number of thioether (sulfide) groups is 1. The Hall–Kier alpha value is -0.0200. The fourth-order valence-electron chi connectivity index (χ4n) is 2.41. The highest BCUT2D eigenvalue weighted by Gasteiger charge is 2.25. The molecule has 2 rings (SSSR count). The third-order valence-corrected chi connectivity index (χ3v) is 4.34. The van der Waals surface area contributed by atoms with Crippen LogP contribution in [0.25, 0.3) is 0 Å². The van der Waals surface area contributed by atoms with Crippen LogP contribution in [0.2, 0.25) is 0 Å². The summed E-state index contributed by atoms with van der Waals surface area (Å²) in [7, 11) is 0. The van der Waals surface area contributed by atoms with Crippen LogP contribution in [-0.2, 0) is 4.79 Å². The molecule has 0 aromatic rings. The summed E-state index contributed by atoms with van der Waals surface area (Å²) >= 11 is 1.91. The SMILES string of the molecule is O=C(CC1CCCC1)C1CSCCN1. The number of carbonyl (C=O) groups is 1. The fourth-order valence-corrected chi connectivity index (χ4v) is 3.38. The smallest absolute Gasteiger partial charge is 0.150 e. The summed E-state index contributed by atoms with van der Waals surface area (Å²) in [5.41, 5.74) is 0. The van der Waals surface area contributed by atoms with Crippen molar-refractivity contribution in [2.45, 2.75) is 38.1 Å². The van der Waals surface area contributed by atoms with Gasteiger partial charge in [0.2, 0.25) is 0 Å². The fraction of sp³-hybridized carbons (Fsp3) is 0.909. The van der Waals surface area contributed by atoms with E-state index in [0.29, 0.717) is 11.7 Å². The van der Waals surface area contributed by atoms with E-state index in [0.717, 1.165) is 24.5 Å². The Kier molecular flexibility index (Phi) is 3.88. The molecule has 1 atom stereocenters. The van der Waals surface area contributed by atoms with Crippen molar-refractivity contribution in [3.8, 4) is 0 Å². The van der Waals surface area contributed by atoms with E-state index >= 15 is 0 Å². The molecule has 2 nitrogen and oxygen atoms in total. The van der Waals surface area contributed by atoms with Crippen molar-refractivity contribution in [2.75, 3.05) is 18.1 Å². The van der Waals surface area contributed by atoms with Gasteiger partial charge in [0, 0.05) is 24.5 Å². The van der Waals surface area contributed by atoms with Gasteiger partial charge in [0.15, 0.2) is 5.78 Å². The van der Waals surface area contributed by atoms with Crippen molar-refractivity contribution < 1.29 is 4.79 Å². The molecule has 0 bridgehead atoms. The van der Waals surface area contributed by atoms with E-state index in [2.05, 4.69) is 5.32 Å². The van der Waals surface area contributed by atoms with E-state index < -0.39 is 0 Å². The molecule has 1 saturated heterocycles. The van der Waals surface area contributed by atoms with Gasteiger partial charge in [-0.1, -0.05) is 25.7 Å². The van der Waals surface area contributed by atoms with Gasteiger partial charge in [-0.15, -0.1) is 0 Å². The summed E-state index contributed by atoms with van der Waals surface area (Å²) in [5.74, 6) is 3.32. The van der Waals surface area contributed by atoms with Gasteiger partial charge in [-0.2, -0.15) is 11.8 Å². The van der Waals surface area contributed by atoms with Crippen LogP contribution in [-0.4, -0.2) is 29.9 Å². The second kappa shape index (κ2) is 5.17. The quantitative estimate of drug-likeness (QED) is 0.775. The molecule has 80 valence electrons. The molecular weight excluding hydrogens is 194 g/mol. The number of hydrogen-bond donors (Lipinski definition) is 1. The Morgan fingerprint density at radius 1 is 1.36 bits per heavy atom. The highest BCUT2D eigenvalue weighted by Crippen LogP contribution is 2.28. The first-order valence-corrected chi connectivity index (χ1v) is 6.85. The summed E-state index contributed by atoms with van der Waals surface area (Å²) in [6.45, 7) is 1.01. The lowest BCUT2D eigenvalue weighted by molar-refractivity contribution is -0.121. The van der Waals surface area contributed by atoms with Gasteiger partial charge in [-0.05, 0) is 5.92 Å². The van der Waals surface area contributed by atoms with E-state index in [9.17, 15) is 4.79 Å². The van der Waals surface area contributed by atoms with Gasteiger partial charge in [0.05, 0.1) is 6.04 Å². The third kappa shape index (κ3) is 2.74. The number of hydrogen-bond acceptors (Lipinski definition) is 3. The maximum atomic E-state index is 11.9.